The summed E-state index contributed by atoms with van der Waals surface area (Å²) in [7, 11) is 0. The number of hydrogen-bond acceptors (Lipinski definition) is 4. The average Bonchev–Trinajstić information content (AvgIpc) is 2.58. The Balaban J connectivity index is 1.73. The first kappa shape index (κ1) is 16.5. The van der Waals surface area contributed by atoms with Gasteiger partial charge in [0, 0.05) is 13.1 Å². The molecule has 0 bridgehead atoms. The van der Waals surface area contributed by atoms with Gasteiger partial charge in [-0.2, -0.15) is 0 Å². The van der Waals surface area contributed by atoms with Gasteiger partial charge in [0.25, 0.3) is 5.91 Å². The molecule has 1 amide bonds. The molecule has 126 valence electrons. The minimum Gasteiger partial charge on any atom is -0.483 e. The predicted octanol–water partition coefficient (Wildman–Crippen LogP) is 2.67. The summed E-state index contributed by atoms with van der Waals surface area (Å²) in [5, 5.41) is 1.79. The Kier molecular flexibility index (Phi) is 4.81. The van der Waals surface area contributed by atoms with Crippen LogP contribution in [0.5, 0.6) is 5.75 Å². The number of aldehydes is 1. The molecule has 1 fully saturated rings. The third-order valence-electron chi connectivity index (χ3n) is 4.17. The SMILES string of the molecule is C[C@H]1CN(C(=O)COc2ccc3ccccc3c2C=O)C[C@H](C)O1. The summed E-state index contributed by atoms with van der Waals surface area (Å²) in [6.07, 6.45) is 0.814. The molecule has 2 aromatic carbocycles. The van der Waals surface area contributed by atoms with Gasteiger partial charge in [0.05, 0.1) is 17.8 Å². The fourth-order valence-electron chi connectivity index (χ4n) is 3.14. The van der Waals surface area contributed by atoms with Crippen LogP contribution in [0.2, 0.25) is 0 Å². The van der Waals surface area contributed by atoms with Crippen molar-refractivity contribution in [1.29, 1.82) is 0 Å². The molecule has 0 aliphatic carbocycles. The van der Waals surface area contributed by atoms with Crippen LogP contribution in [-0.4, -0.2) is 49.0 Å². The Labute approximate surface area is 141 Å². The van der Waals surface area contributed by atoms with Crippen molar-refractivity contribution >= 4 is 23.0 Å². The standard InChI is InChI=1S/C19H21NO4/c1-13-9-20(10-14(2)24-13)19(22)12-23-18-8-7-15-5-3-4-6-16(15)17(18)11-21/h3-8,11,13-14H,9-10,12H2,1-2H3/t13-,14-/m0/s1. The van der Waals surface area contributed by atoms with Gasteiger partial charge in [-0.25, -0.2) is 0 Å². The number of benzene rings is 2. The van der Waals surface area contributed by atoms with Gasteiger partial charge in [0.15, 0.2) is 12.9 Å². The minimum absolute atomic E-state index is 0.0175. The van der Waals surface area contributed by atoms with Gasteiger partial charge in [0.1, 0.15) is 5.75 Å². The quantitative estimate of drug-likeness (QED) is 0.810. The number of nitrogens with zero attached hydrogens (tertiary/aromatic N) is 1. The van der Waals surface area contributed by atoms with Crippen LogP contribution in [-0.2, 0) is 9.53 Å². The van der Waals surface area contributed by atoms with Crippen molar-refractivity contribution in [3.05, 3.63) is 42.0 Å². The number of hydrogen-bond donors (Lipinski definition) is 0. The second kappa shape index (κ2) is 7.01. The molecule has 0 spiro atoms. The molecule has 0 radical (unpaired) electrons. The molecule has 1 saturated heterocycles. The number of carbonyl (C=O) groups excluding carboxylic acids is 2. The highest BCUT2D eigenvalue weighted by Gasteiger charge is 2.26. The van der Waals surface area contributed by atoms with Crippen LogP contribution >= 0.6 is 0 Å². The second-order valence-corrected chi connectivity index (χ2v) is 6.16. The Morgan fingerprint density at radius 3 is 2.62 bits per heavy atom. The van der Waals surface area contributed by atoms with Crippen molar-refractivity contribution in [3.63, 3.8) is 0 Å². The number of carbonyl (C=O) groups is 2. The minimum atomic E-state index is -0.0954. The molecular weight excluding hydrogens is 306 g/mol. The van der Waals surface area contributed by atoms with Crippen LogP contribution in [0.15, 0.2) is 36.4 Å². The third-order valence-corrected chi connectivity index (χ3v) is 4.17. The second-order valence-electron chi connectivity index (χ2n) is 6.16. The van der Waals surface area contributed by atoms with Crippen molar-refractivity contribution in [2.75, 3.05) is 19.7 Å². The molecule has 5 heteroatoms. The van der Waals surface area contributed by atoms with Gasteiger partial charge in [-0.15, -0.1) is 0 Å². The Hall–Kier alpha value is -2.40. The monoisotopic (exact) mass is 327 g/mol. The Morgan fingerprint density at radius 2 is 1.92 bits per heavy atom. The lowest BCUT2D eigenvalue weighted by Gasteiger charge is -2.35. The normalized spacial score (nSPS) is 20.8. The lowest BCUT2D eigenvalue weighted by molar-refractivity contribution is -0.145. The summed E-state index contributed by atoms with van der Waals surface area (Å²) in [6, 6.07) is 11.2. The Morgan fingerprint density at radius 1 is 1.21 bits per heavy atom. The number of ether oxygens (including phenoxy) is 2. The van der Waals surface area contributed by atoms with Crippen LogP contribution in [0.3, 0.4) is 0 Å². The maximum atomic E-state index is 12.4. The summed E-state index contributed by atoms with van der Waals surface area (Å²) in [5.74, 6) is 0.341. The molecular formula is C19H21NO4. The van der Waals surface area contributed by atoms with E-state index in [0.29, 0.717) is 24.4 Å². The lowest BCUT2D eigenvalue weighted by Crippen LogP contribution is -2.49. The first-order valence-electron chi connectivity index (χ1n) is 8.11. The van der Waals surface area contributed by atoms with Gasteiger partial charge in [-0.3, -0.25) is 9.59 Å². The van der Waals surface area contributed by atoms with Crippen molar-refractivity contribution < 1.29 is 19.1 Å². The van der Waals surface area contributed by atoms with E-state index in [1.165, 1.54) is 0 Å². The van der Waals surface area contributed by atoms with Gasteiger partial charge >= 0.3 is 0 Å². The molecule has 0 N–H and O–H groups in total. The molecule has 0 unspecified atom stereocenters. The largest absolute Gasteiger partial charge is 0.483 e. The van der Waals surface area contributed by atoms with Crippen LogP contribution in [0.25, 0.3) is 10.8 Å². The first-order chi connectivity index (χ1) is 11.6. The summed E-state index contributed by atoms with van der Waals surface area (Å²) < 4.78 is 11.3. The zero-order valence-electron chi connectivity index (χ0n) is 13.9. The fraction of sp³-hybridized carbons (Fsp3) is 0.368. The number of amides is 1. The number of fused-ring (bicyclic) bond motifs is 1. The van der Waals surface area contributed by atoms with E-state index in [-0.39, 0.29) is 24.7 Å². The van der Waals surface area contributed by atoms with Gasteiger partial charge in [-0.1, -0.05) is 30.3 Å². The van der Waals surface area contributed by atoms with Gasteiger partial charge in [0.2, 0.25) is 0 Å². The van der Waals surface area contributed by atoms with E-state index in [1.807, 2.05) is 44.2 Å². The molecule has 2 aromatic rings. The molecule has 5 nitrogen and oxygen atoms in total. The van der Waals surface area contributed by atoms with E-state index >= 15 is 0 Å². The average molecular weight is 327 g/mol. The van der Waals surface area contributed by atoms with E-state index in [9.17, 15) is 9.59 Å². The van der Waals surface area contributed by atoms with Crippen molar-refractivity contribution in [1.82, 2.24) is 4.90 Å². The van der Waals surface area contributed by atoms with E-state index in [2.05, 4.69) is 0 Å². The zero-order chi connectivity index (χ0) is 17.1. The molecule has 24 heavy (non-hydrogen) atoms. The smallest absolute Gasteiger partial charge is 0.260 e. The molecule has 2 atom stereocenters. The fourth-order valence-corrected chi connectivity index (χ4v) is 3.14. The summed E-state index contributed by atoms with van der Waals surface area (Å²) in [5.41, 5.74) is 0.476. The predicted molar refractivity (Wildman–Crippen MR) is 91.4 cm³/mol. The number of morpholine rings is 1. The molecule has 1 aliphatic heterocycles. The van der Waals surface area contributed by atoms with E-state index in [0.717, 1.165) is 17.1 Å². The molecule has 3 rings (SSSR count). The first-order valence-corrected chi connectivity index (χ1v) is 8.11. The molecule has 1 aliphatic rings. The van der Waals surface area contributed by atoms with Gasteiger partial charge in [-0.05, 0) is 30.7 Å². The number of rotatable bonds is 4. The lowest BCUT2D eigenvalue weighted by atomic mass is 10.0. The van der Waals surface area contributed by atoms with Gasteiger partial charge < -0.3 is 14.4 Å². The van der Waals surface area contributed by atoms with Crippen LogP contribution < -0.4 is 4.74 Å². The highest BCUT2D eigenvalue weighted by atomic mass is 16.5. The van der Waals surface area contributed by atoms with E-state index < -0.39 is 0 Å². The molecule has 0 aromatic heterocycles. The summed E-state index contributed by atoms with van der Waals surface area (Å²) >= 11 is 0. The molecule has 0 saturated carbocycles. The van der Waals surface area contributed by atoms with Crippen molar-refractivity contribution in [2.24, 2.45) is 0 Å². The van der Waals surface area contributed by atoms with Crippen LogP contribution in [0, 0.1) is 0 Å². The Bertz CT molecular complexity index is 748. The van der Waals surface area contributed by atoms with E-state index in [1.54, 1.807) is 11.0 Å². The topological polar surface area (TPSA) is 55.8 Å². The van der Waals surface area contributed by atoms with Crippen molar-refractivity contribution in [2.45, 2.75) is 26.1 Å². The maximum absolute atomic E-state index is 12.4. The zero-order valence-corrected chi connectivity index (χ0v) is 13.9. The maximum Gasteiger partial charge on any atom is 0.260 e. The summed E-state index contributed by atoms with van der Waals surface area (Å²) in [6.45, 7) is 4.93. The van der Waals surface area contributed by atoms with Crippen LogP contribution in [0.1, 0.15) is 24.2 Å². The highest BCUT2D eigenvalue weighted by molar-refractivity contribution is 6.00. The highest BCUT2D eigenvalue weighted by Crippen LogP contribution is 2.26. The summed E-state index contributed by atoms with van der Waals surface area (Å²) in [4.78, 5) is 25.6. The van der Waals surface area contributed by atoms with Crippen molar-refractivity contribution in [3.8, 4) is 5.75 Å². The van der Waals surface area contributed by atoms with Crippen LogP contribution in [0.4, 0.5) is 0 Å². The third kappa shape index (κ3) is 3.41. The van der Waals surface area contributed by atoms with E-state index in [4.69, 9.17) is 9.47 Å². The molecule has 1 heterocycles.